The molecule has 1 aromatic rings. The first-order chi connectivity index (χ1) is 7.15. The molecule has 3 heteroatoms. The highest BCUT2D eigenvalue weighted by molar-refractivity contribution is 5.05. The van der Waals surface area contributed by atoms with Gasteiger partial charge in [0.1, 0.15) is 0 Å². The molecule has 0 aliphatic heterocycles. The highest BCUT2D eigenvalue weighted by atomic mass is 16.3. The van der Waals surface area contributed by atoms with Crippen molar-refractivity contribution in [3.63, 3.8) is 0 Å². The van der Waals surface area contributed by atoms with Crippen LogP contribution in [0.2, 0.25) is 0 Å². The molecule has 3 nitrogen and oxygen atoms in total. The lowest BCUT2D eigenvalue weighted by Gasteiger charge is -2.15. The largest absolute Gasteiger partial charge is 0.396 e. The molecule has 1 aromatic heterocycles. The van der Waals surface area contributed by atoms with Gasteiger partial charge in [-0.2, -0.15) is 5.10 Å². The number of hydrogen-bond donors (Lipinski definition) is 1. The van der Waals surface area contributed by atoms with E-state index >= 15 is 0 Å². The highest BCUT2D eigenvalue weighted by Gasteiger charge is 2.11. The lowest BCUT2D eigenvalue weighted by atomic mass is 9.93. The van der Waals surface area contributed by atoms with E-state index in [4.69, 9.17) is 0 Å². The SMILES string of the molecule is CCn1cc(CC(CO)CC(C)C)cn1. The van der Waals surface area contributed by atoms with Crippen LogP contribution in [0.5, 0.6) is 0 Å². The summed E-state index contributed by atoms with van der Waals surface area (Å²) in [5.41, 5.74) is 1.23. The first-order valence-electron chi connectivity index (χ1n) is 5.77. The van der Waals surface area contributed by atoms with Crippen molar-refractivity contribution < 1.29 is 5.11 Å². The van der Waals surface area contributed by atoms with Crippen molar-refractivity contribution in [1.82, 2.24) is 9.78 Å². The molecular formula is C12H22N2O. The second kappa shape index (κ2) is 5.91. The van der Waals surface area contributed by atoms with Crippen molar-refractivity contribution in [3.05, 3.63) is 18.0 Å². The van der Waals surface area contributed by atoms with Gasteiger partial charge in [0.05, 0.1) is 6.20 Å². The van der Waals surface area contributed by atoms with Gasteiger partial charge in [-0.3, -0.25) is 4.68 Å². The number of nitrogens with zero attached hydrogens (tertiary/aromatic N) is 2. The average Bonchev–Trinajstić information content (AvgIpc) is 2.64. The Morgan fingerprint density at radius 3 is 2.67 bits per heavy atom. The van der Waals surface area contributed by atoms with Gasteiger partial charge in [-0.25, -0.2) is 0 Å². The number of aryl methyl sites for hydroxylation is 1. The van der Waals surface area contributed by atoms with Crippen LogP contribution >= 0.6 is 0 Å². The standard InChI is InChI=1S/C12H22N2O/c1-4-14-8-12(7-13-14)6-11(9-15)5-10(2)3/h7-8,10-11,15H,4-6,9H2,1-3H3. The summed E-state index contributed by atoms with van der Waals surface area (Å²) >= 11 is 0. The van der Waals surface area contributed by atoms with Crippen LogP contribution in [0.15, 0.2) is 12.4 Å². The van der Waals surface area contributed by atoms with Gasteiger partial charge >= 0.3 is 0 Å². The molecule has 0 spiro atoms. The first-order valence-corrected chi connectivity index (χ1v) is 5.77. The Morgan fingerprint density at radius 1 is 1.47 bits per heavy atom. The molecule has 0 bridgehead atoms. The maximum atomic E-state index is 9.27. The summed E-state index contributed by atoms with van der Waals surface area (Å²) in [6.07, 6.45) is 6.00. The normalized spacial score (nSPS) is 13.4. The van der Waals surface area contributed by atoms with Crippen LogP contribution in [0.3, 0.4) is 0 Å². The van der Waals surface area contributed by atoms with Crippen molar-refractivity contribution in [1.29, 1.82) is 0 Å². The Hall–Kier alpha value is -0.830. The number of aliphatic hydroxyl groups is 1. The summed E-state index contributed by atoms with van der Waals surface area (Å²) in [6.45, 7) is 7.65. The third-order valence-corrected chi connectivity index (χ3v) is 2.60. The van der Waals surface area contributed by atoms with E-state index < -0.39 is 0 Å². The third kappa shape index (κ3) is 4.04. The van der Waals surface area contributed by atoms with Gasteiger partial charge in [0.2, 0.25) is 0 Å². The topological polar surface area (TPSA) is 38.0 Å². The molecule has 15 heavy (non-hydrogen) atoms. The Bertz CT molecular complexity index is 281. The number of aromatic nitrogens is 2. The van der Waals surface area contributed by atoms with Gasteiger partial charge in [-0.15, -0.1) is 0 Å². The minimum absolute atomic E-state index is 0.273. The molecule has 0 aliphatic rings. The van der Waals surface area contributed by atoms with E-state index in [2.05, 4.69) is 32.1 Å². The van der Waals surface area contributed by atoms with E-state index in [1.165, 1.54) is 5.56 Å². The van der Waals surface area contributed by atoms with Crippen LogP contribution < -0.4 is 0 Å². The van der Waals surface area contributed by atoms with Crippen LogP contribution in [0.25, 0.3) is 0 Å². The minimum atomic E-state index is 0.273. The molecule has 0 fully saturated rings. The maximum absolute atomic E-state index is 9.27. The summed E-state index contributed by atoms with van der Waals surface area (Å²) in [7, 11) is 0. The molecule has 0 amide bonds. The van der Waals surface area contributed by atoms with E-state index in [0.717, 1.165) is 19.4 Å². The predicted molar refractivity (Wildman–Crippen MR) is 61.6 cm³/mol. The minimum Gasteiger partial charge on any atom is -0.396 e. The first kappa shape index (κ1) is 12.2. The monoisotopic (exact) mass is 210 g/mol. The molecule has 0 aliphatic carbocycles. The quantitative estimate of drug-likeness (QED) is 0.781. The molecule has 1 atom stereocenters. The van der Waals surface area contributed by atoms with E-state index in [-0.39, 0.29) is 6.61 Å². The van der Waals surface area contributed by atoms with Gasteiger partial charge in [-0.05, 0) is 37.2 Å². The highest BCUT2D eigenvalue weighted by Crippen LogP contribution is 2.16. The van der Waals surface area contributed by atoms with Crippen LogP contribution in [0.4, 0.5) is 0 Å². The summed E-state index contributed by atoms with van der Waals surface area (Å²) in [4.78, 5) is 0. The molecule has 1 N–H and O–H groups in total. The van der Waals surface area contributed by atoms with E-state index in [1.54, 1.807) is 0 Å². The number of aliphatic hydroxyl groups excluding tert-OH is 1. The maximum Gasteiger partial charge on any atom is 0.0521 e. The van der Waals surface area contributed by atoms with Crippen LogP contribution in [0.1, 0.15) is 32.8 Å². The zero-order chi connectivity index (χ0) is 11.3. The molecule has 0 saturated carbocycles. The summed E-state index contributed by atoms with van der Waals surface area (Å²) in [5.74, 6) is 1.02. The molecule has 0 saturated heterocycles. The fraction of sp³-hybridized carbons (Fsp3) is 0.750. The summed E-state index contributed by atoms with van der Waals surface area (Å²) in [5, 5.41) is 13.5. The number of hydrogen-bond acceptors (Lipinski definition) is 2. The van der Waals surface area contributed by atoms with Gasteiger partial charge < -0.3 is 5.11 Å². The smallest absolute Gasteiger partial charge is 0.0521 e. The second-order valence-electron chi connectivity index (χ2n) is 4.59. The molecular weight excluding hydrogens is 188 g/mol. The van der Waals surface area contributed by atoms with Gasteiger partial charge in [0, 0.05) is 19.3 Å². The summed E-state index contributed by atoms with van der Waals surface area (Å²) in [6, 6.07) is 0. The van der Waals surface area contributed by atoms with Crippen molar-refractivity contribution in [3.8, 4) is 0 Å². The van der Waals surface area contributed by atoms with E-state index in [9.17, 15) is 5.11 Å². The molecule has 1 rings (SSSR count). The molecule has 0 aromatic carbocycles. The van der Waals surface area contributed by atoms with Crippen LogP contribution in [-0.4, -0.2) is 21.5 Å². The Morgan fingerprint density at radius 2 is 2.20 bits per heavy atom. The van der Waals surface area contributed by atoms with Gasteiger partial charge in [0.15, 0.2) is 0 Å². The Kier molecular flexibility index (Phi) is 4.82. The van der Waals surface area contributed by atoms with E-state index in [0.29, 0.717) is 11.8 Å². The third-order valence-electron chi connectivity index (χ3n) is 2.60. The zero-order valence-corrected chi connectivity index (χ0v) is 9.98. The van der Waals surface area contributed by atoms with E-state index in [1.807, 2.05) is 10.9 Å². The molecule has 0 radical (unpaired) electrons. The van der Waals surface area contributed by atoms with Gasteiger partial charge in [-0.1, -0.05) is 13.8 Å². The lowest BCUT2D eigenvalue weighted by molar-refractivity contribution is 0.205. The van der Waals surface area contributed by atoms with Crippen molar-refractivity contribution in [2.75, 3.05) is 6.61 Å². The molecule has 86 valence electrons. The Balaban J connectivity index is 2.50. The summed E-state index contributed by atoms with van der Waals surface area (Å²) < 4.78 is 1.93. The number of rotatable bonds is 6. The Labute approximate surface area is 92.1 Å². The van der Waals surface area contributed by atoms with Crippen LogP contribution in [-0.2, 0) is 13.0 Å². The fourth-order valence-electron chi connectivity index (χ4n) is 1.91. The van der Waals surface area contributed by atoms with Crippen LogP contribution in [0, 0.1) is 11.8 Å². The van der Waals surface area contributed by atoms with Crippen molar-refractivity contribution >= 4 is 0 Å². The molecule has 1 heterocycles. The lowest BCUT2D eigenvalue weighted by Crippen LogP contribution is -2.12. The predicted octanol–water partition coefficient (Wildman–Crippen LogP) is 2.10. The van der Waals surface area contributed by atoms with Crippen molar-refractivity contribution in [2.45, 2.75) is 40.2 Å². The fourth-order valence-corrected chi connectivity index (χ4v) is 1.91. The average molecular weight is 210 g/mol. The zero-order valence-electron chi connectivity index (χ0n) is 9.98. The van der Waals surface area contributed by atoms with Gasteiger partial charge in [0.25, 0.3) is 0 Å². The molecule has 1 unspecified atom stereocenters. The second-order valence-corrected chi connectivity index (χ2v) is 4.59. The van der Waals surface area contributed by atoms with Crippen molar-refractivity contribution in [2.24, 2.45) is 11.8 Å².